The van der Waals surface area contributed by atoms with Crippen LogP contribution in [0.5, 0.6) is 0 Å². The fourth-order valence-electron chi connectivity index (χ4n) is 3.74. The van der Waals surface area contributed by atoms with E-state index in [-0.39, 0.29) is 11.8 Å². The summed E-state index contributed by atoms with van der Waals surface area (Å²) in [4.78, 5) is 11.6. The highest BCUT2D eigenvalue weighted by molar-refractivity contribution is 5.82. The standard InChI is InChI=1S/C13H13N.C12H19NO.C4H8N2.C2H6/c1-10-9-12(7-8-13(10)14)11-5-3-2-4-6-11;1-4-13-12(14)10(3)11-8-6-5-7-9(11)2;1-4-2-5-3-6-4;1-2/h2-9H,14H2,1H3;7-8,10H,4-6H2,1-3H3,(H,13,14);2,5-6H,3H2,1H3;1-2H3. The number of benzene rings is 2. The van der Waals surface area contributed by atoms with Gasteiger partial charge in [-0.1, -0.05) is 68.0 Å². The van der Waals surface area contributed by atoms with Crippen LogP contribution in [0.1, 0.15) is 59.9 Å². The molecule has 0 saturated heterocycles. The number of allylic oxidation sites excluding steroid dienone is 4. The van der Waals surface area contributed by atoms with E-state index in [1.165, 1.54) is 28.0 Å². The second-order valence-corrected chi connectivity index (χ2v) is 8.56. The van der Waals surface area contributed by atoms with Gasteiger partial charge in [-0.05, 0) is 81.9 Å². The van der Waals surface area contributed by atoms with Crippen LogP contribution in [0.2, 0.25) is 0 Å². The Morgan fingerprint density at radius 1 is 1.00 bits per heavy atom. The van der Waals surface area contributed by atoms with Crippen molar-refractivity contribution in [3.05, 3.63) is 89.3 Å². The van der Waals surface area contributed by atoms with Crippen LogP contribution in [-0.4, -0.2) is 19.1 Å². The van der Waals surface area contributed by atoms with Crippen LogP contribution in [-0.2, 0) is 4.79 Å². The van der Waals surface area contributed by atoms with Crippen LogP contribution >= 0.6 is 0 Å². The number of nitrogen functional groups attached to an aromatic ring is 1. The largest absolute Gasteiger partial charge is 0.399 e. The summed E-state index contributed by atoms with van der Waals surface area (Å²) in [6, 6.07) is 16.4. The predicted molar refractivity (Wildman–Crippen MR) is 156 cm³/mol. The van der Waals surface area contributed by atoms with Gasteiger partial charge in [0.05, 0.1) is 12.6 Å². The smallest absolute Gasteiger partial charge is 0.227 e. The van der Waals surface area contributed by atoms with Crippen LogP contribution < -0.4 is 21.7 Å². The van der Waals surface area contributed by atoms with Gasteiger partial charge in [0.2, 0.25) is 5.91 Å². The minimum Gasteiger partial charge on any atom is -0.399 e. The van der Waals surface area contributed by atoms with Crippen LogP contribution in [0.4, 0.5) is 5.69 Å². The third-order valence-corrected chi connectivity index (χ3v) is 5.81. The molecule has 5 heteroatoms. The molecule has 2 aromatic carbocycles. The van der Waals surface area contributed by atoms with Crippen LogP contribution in [0.3, 0.4) is 0 Å². The third kappa shape index (κ3) is 10.4. The maximum atomic E-state index is 11.6. The van der Waals surface area contributed by atoms with E-state index < -0.39 is 0 Å². The van der Waals surface area contributed by atoms with Crippen molar-refractivity contribution < 1.29 is 4.79 Å². The van der Waals surface area contributed by atoms with Gasteiger partial charge < -0.3 is 21.7 Å². The molecule has 1 unspecified atom stereocenters. The van der Waals surface area contributed by atoms with E-state index in [0.29, 0.717) is 6.54 Å². The quantitative estimate of drug-likeness (QED) is 0.360. The average molecular weight is 491 g/mol. The van der Waals surface area contributed by atoms with Gasteiger partial charge in [0.15, 0.2) is 0 Å². The molecule has 4 rings (SSSR count). The number of hydrogen-bond donors (Lipinski definition) is 4. The van der Waals surface area contributed by atoms with Crippen molar-refractivity contribution in [2.24, 2.45) is 5.92 Å². The van der Waals surface area contributed by atoms with Gasteiger partial charge in [-0.15, -0.1) is 0 Å². The lowest BCUT2D eigenvalue weighted by molar-refractivity contribution is -0.123. The number of nitrogens with one attached hydrogen (secondary N) is 3. The zero-order valence-electron chi connectivity index (χ0n) is 23.2. The van der Waals surface area contributed by atoms with E-state index in [1.807, 2.05) is 72.0 Å². The Hall–Kier alpha value is -3.47. The molecule has 196 valence electrons. The molecule has 2 aliphatic rings. The molecule has 0 bridgehead atoms. The second kappa shape index (κ2) is 17.0. The average Bonchev–Trinajstić information content (AvgIpc) is 3.39. The van der Waals surface area contributed by atoms with Gasteiger partial charge in [-0.2, -0.15) is 0 Å². The van der Waals surface area contributed by atoms with Gasteiger partial charge >= 0.3 is 0 Å². The highest BCUT2D eigenvalue weighted by Crippen LogP contribution is 2.25. The van der Waals surface area contributed by atoms with Gasteiger partial charge in [0.1, 0.15) is 0 Å². The lowest BCUT2D eigenvalue weighted by Gasteiger charge is -2.19. The molecule has 0 aromatic heterocycles. The summed E-state index contributed by atoms with van der Waals surface area (Å²) in [7, 11) is 0. The maximum absolute atomic E-state index is 11.6. The zero-order valence-corrected chi connectivity index (χ0v) is 23.2. The number of carbonyl (C=O) groups is 1. The Kier molecular flexibility index (Phi) is 14.5. The highest BCUT2D eigenvalue weighted by Gasteiger charge is 2.19. The van der Waals surface area contributed by atoms with Gasteiger partial charge in [0, 0.05) is 24.1 Å². The SMILES string of the molecule is CC.CC1=CNCN1.CCNC(=O)C(C)C1=CCCC=C1C.Cc1cc(-c2ccccc2)ccc1N. The monoisotopic (exact) mass is 490 g/mol. The summed E-state index contributed by atoms with van der Waals surface area (Å²) < 4.78 is 0. The van der Waals surface area contributed by atoms with E-state index in [0.717, 1.165) is 30.8 Å². The first-order valence-electron chi connectivity index (χ1n) is 13.0. The van der Waals surface area contributed by atoms with E-state index in [4.69, 9.17) is 5.73 Å². The molecule has 1 atom stereocenters. The number of rotatable bonds is 4. The molecule has 0 saturated carbocycles. The van der Waals surface area contributed by atoms with E-state index in [1.54, 1.807) is 0 Å². The Morgan fingerprint density at radius 2 is 1.67 bits per heavy atom. The minimum absolute atomic E-state index is 0.00787. The fraction of sp³-hybridized carbons (Fsp3) is 0.387. The maximum Gasteiger partial charge on any atom is 0.227 e. The third-order valence-electron chi connectivity index (χ3n) is 5.81. The normalized spacial score (nSPS) is 14.2. The molecule has 0 fully saturated rings. The molecule has 1 aliphatic carbocycles. The first kappa shape index (κ1) is 30.6. The van der Waals surface area contributed by atoms with E-state index >= 15 is 0 Å². The van der Waals surface area contributed by atoms with E-state index in [2.05, 4.69) is 59.3 Å². The fourth-order valence-corrected chi connectivity index (χ4v) is 3.74. The second-order valence-electron chi connectivity index (χ2n) is 8.56. The molecular weight excluding hydrogens is 444 g/mol. The summed E-state index contributed by atoms with van der Waals surface area (Å²) in [6.45, 7) is 15.7. The number of amides is 1. The van der Waals surface area contributed by atoms with Crippen molar-refractivity contribution in [3.8, 4) is 11.1 Å². The Morgan fingerprint density at radius 3 is 2.17 bits per heavy atom. The molecule has 36 heavy (non-hydrogen) atoms. The number of aryl methyl sites for hydroxylation is 1. The minimum atomic E-state index is -0.00787. The summed E-state index contributed by atoms with van der Waals surface area (Å²) >= 11 is 0. The molecule has 5 nitrogen and oxygen atoms in total. The van der Waals surface area contributed by atoms with Crippen molar-refractivity contribution >= 4 is 11.6 Å². The van der Waals surface area contributed by atoms with Crippen molar-refractivity contribution in [1.29, 1.82) is 0 Å². The van der Waals surface area contributed by atoms with Crippen molar-refractivity contribution in [2.75, 3.05) is 18.9 Å². The number of anilines is 1. The molecule has 1 heterocycles. The zero-order chi connectivity index (χ0) is 26.9. The van der Waals surface area contributed by atoms with Gasteiger partial charge in [-0.25, -0.2) is 0 Å². The predicted octanol–water partition coefficient (Wildman–Crippen LogP) is 6.69. The number of nitrogens with two attached hydrogens (primary N) is 1. The number of hydrogen-bond acceptors (Lipinski definition) is 4. The summed E-state index contributed by atoms with van der Waals surface area (Å²) in [5.74, 6) is 0.125. The van der Waals surface area contributed by atoms with Crippen LogP contribution in [0.25, 0.3) is 11.1 Å². The molecule has 1 aliphatic heterocycles. The molecule has 2 aromatic rings. The Balaban J connectivity index is 0.000000279. The lowest BCUT2D eigenvalue weighted by atomic mass is 9.89. The summed E-state index contributed by atoms with van der Waals surface area (Å²) in [6.07, 6.45) is 8.54. The molecular formula is C31H46N4O. The van der Waals surface area contributed by atoms with Crippen molar-refractivity contribution in [3.63, 3.8) is 0 Å². The van der Waals surface area contributed by atoms with Crippen LogP contribution in [0, 0.1) is 12.8 Å². The molecule has 0 radical (unpaired) electrons. The van der Waals surface area contributed by atoms with E-state index in [9.17, 15) is 4.79 Å². The van der Waals surface area contributed by atoms with Gasteiger partial charge in [-0.3, -0.25) is 4.79 Å². The summed E-state index contributed by atoms with van der Waals surface area (Å²) in [5, 5.41) is 8.92. The van der Waals surface area contributed by atoms with Gasteiger partial charge in [0.25, 0.3) is 0 Å². The highest BCUT2D eigenvalue weighted by atomic mass is 16.1. The summed E-state index contributed by atoms with van der Waals surface area (Å²) in [5.41, 5.74) is 13.9. The first-order chi connectivity index (χ1) is 17.3. The Bertz CT molecular complexity index is 1020. The van der Waals surface area contributed by atoms with Crippen molar-refractivity contribution in [1.82, 2.24) is 16.0 Å². The van der Waals surface area contributed by atoms with Crippen molar-refractivity contribution in [2.45, 2.75) is 61.3 Å². The lowest BCUT2D eigenvalue weighted by Crippen LogP contribution is -2.30. The molecule has 1 amide bonds. The Labute approximate surface area is 219 Å². The van der Waals surface area contributed by atoms with Crippen LogP contribution in [0.15, 0.2) is 83.7 Å². The molecule has 5 N–H and O–H groups in total. The molecule has 0 spiro atoms. The first-order valence-corrected chi connectivity index (χ1v) is 13.0. The topological polar surface area (TPSA) is 79.2 Å². The number of carbonyl (C=O) groups excluding carboxylic acids is 1.